The molecule has 0 bridgehead atoms. The minimum atomic E-state index is 0.349. The number of hydrogen-bond acceptors (Lipinski definition) is 3. The molecule has 2 aliphatic rings. The Morgan fingerprint density at radius 1 is 1.21 bits per heavy atom. The summed E-state index contributed by atoms with van der Waals surface area (Å²) in [5.41, 5.74) is 1.33. The van der Waals surface area contributed by atoms with Crippen LogP contribution in [0.1, 0.15) is 37.3 Å². The topological polar surface area (TPSA) is 27.6 Å². The van der Waals surface area contributed by atoms with Crippen molar-refractivity contribution in [3.05, 3.63) is 35.9 Å². The summed E-state index contributed by atoms with van der Waals surface area (Å²) in [6.07, 6.45) is 5.59. The Labute approximate surface area is 115 Å². The Morgan fingerprint density at radius 2 is 1.95 bits per heavy atom. The fourth-order valence-corrected chi connectivity index (χ4v) is 3.20. The molecule has 0 aromatic heterocycles. The fourth-order valence-electron chi connectivity index (χ4n) is 3.20. The van der Waals surface area contributed by atoms with E-state index in [1.165, 1.54) is 31.2 Å². The van der Waals surface area contributed by atoms with Gasteiger partial charge < -0.3 is 10.2 Å². The van der Waals surface area contributed by atoms with E-state index in [9.17, 15) is 0 Å². The van der Waals surface area contributed by atoms with Gasteiger partial charge in [-0.3, -0.25) is 4.99 Å². The van der Waals surface area contributed by atoms with E-state index in [1.807, 2.05) is 0 Å². The maximum absolute atomic E-state index is 4.67. The van der Waals surface area contributed by atoms with Crippen LogP contribution in [0.3, 0.4) is 0 Å². The molecule has 0 radical (unpaired) electrons. The average molecular weight is 257 g/mol. The molecule has 1 unspecified atom stereocenters. The van der Waals surface area contributed by atoms with Crippen molar-refractivity contribution < 1.29 is 0 Å². The van der Waals surface area contributed by atoms with E-state index < -0.39 is 0 Å². The fraction of sp³-hybridized carbons (Fsp3) is 0.562. The first-order chi connectivity index (χ1) is 9.33. The van der Waals surface area contributed by atoms with E-state index in [1.54, 1.807) is 0 Å². The smallest absolute Gasteiger partial charge is 0.194 e. The molecule has 3 heteroatoms. The largest absolute Gasteiger partial charge is 0.348 e. The molecule has 1 N–H and O–H groups in total. The molecule has 1 heterocycles. The molecule has 1 atom stereocenters. The number of hydrogen-bond donors (Lipinski definition) is 1. The number of guanidine groups is 1. The van der Waals surface area contributed by atoms with Crippen molar-refractivity contribution >= 4 is 5.96 Å². The van der Waals surface area contributed by atoms with E-state index in [4.69, 9.17) is 0 Å². The maximum Gasteiger partial charge on any atom is 0.194 e. The molecule has 102 valence electrons. The van der Waals surface area contributed by atoms with Gasteiger partial charge in [0.05, 0.1) is 12.6 Å². The van der Waals surface area contributed by atoms with Gasteiger partial charge in [-0.05, 0) is 24.3 Å². The van der Waals surface area contributed by atoms with E-state index >= 15 is 0 Å². The van der Waals surface area contributed by atoms with Crippen LogP contribution in [0.5, 0.6) is 0 Å². The van der Waals surface area contributed by atoms with Crippen molar-refractivity contribution in [3.8, 4) is 0 Å². The molecule has 1 aromatic rings. The first-order valence-corrected chi connectivity index (χ1v) is 7.40. The number of nitrogens with zero attached hydrogens (tertiary/aromatic N) is 2. The van der Waals surface area contributed by atoms with Gasteiger partial charge in [-0.1, -0.05) is 43.2 Å². The Balaban J connectivity index is 1.55. The quantitative estimate of drug-likeness (QED) is 0.901. The van der Waals surface area contributed by atoms with Crippen molar-refractivity contribution in [2.75, 3.05) is 20.1 Å². The van der Waals surface area contributed by atoms with Gasteiger partial charge in [-0.2, -0.15) is 0 Å². The molecular formula is C16H23N3. The molecule has 0 amide bonds. The second-order valence-electron chi connectivity index (χ2n) is 5.80. The molecule has 1 aliphatic carbocycles. The lowest BCUT2D eigenvalue weighted by Crippen LogP contribution is -2.39. The van der Waals surface area contributed by atoms with Gasteiger partial charge in [-0.15, -0.1) is 0 Å². The predicted octanol–water partition coefficient (Wildman–Crippen LogP) is 2.81. The maximum atomic E-state index is 4.67. The summed E-state index contributed by atoms with van der Waals surface area (Å²) >= 11 is 0. The third kappa shape index (κ3) is 2.91. The molecule has 1 fully saturated rings. The SMILES string of the molecule is CN(CC1CCCC1)C1=NCC(c2ccccc2)N1. The van der Waals surface area contributed by atoms with Gasteiger partial charge in [0.2, 0.25) is 0 Å². The van der Waals surface area contributed by atoms with Gasteiger partial charge in [0, 0.05) is 13.6 Å². The summed E-state index contributed by atoms with van der Waals surface area (Å²) in [6, 6.07) is 10.9. The predicted molar refractivity (Wildman–Crippen MR) is 79.2 cm³/mol. The average Bonchev–Trinajstić information content (AvgIpc) is 3.10. The molecule has 1 saturated carbocycles. The van der Waals surface area contributed by atoms with Crippen molar-refractivity contribution in [1.29, 1.82) is 0 Å². The lowest BCUT2D eigenvalue weighted by Gasteiger charge is -2.24. The highest BCUT2D eigenvalue weighted by atomic mass is 15.3. The molecule has 1 aromatic carbocycles. The van der Waals surface area contributed by atoms with Crippen LogP contribution in [0.4, 0.5) is 0 Å². The summed E-state index contributed by atoms with van der Waals surface area (Å²) in [4.78, 5) is 6.97. The zero-order valence-electron chi connectivity index (χ0n) is 11.7. The molecule has 0 spiro atoms. The summed E-state index contributed by atoms with van der Waals surface area (Å²) in [6.45, 7) is 2.00. The van der Waals surface area contributed by atoms with Gasteiger partial charge in [-0.25, -0.2) is 0 Å². The Kier molecular flexibility index (Phi) is 3.72. The van der Waals surface area contributed by atoms with Crippen molar-refractivity contribution in [3.63, 3.8) is 0 Å². The van der Waals surface area contributed by atoms with Crippen LogP contribution in [0, 0.1) is 5.92 Å². The molecular weight excluding hydrogens is 234 g/mol. The minimum absolute atomic E-state index is 0.349. The monoisotopic (exact) mass is 257 g/mol. The highest BCUT2D eigenvalue weighted by Gasteiger charge is 2.24. The summed E-state index contributed by atoms with van der Waals surface area (Å²) in [5, 5.41) is 3.56. The highest BCUT2D eigenvalue weighted by Crippen LogP contribution is 2.26. The van der Waals surface area contributed by atoms with E-state index in [0.717, 1.165) is 25.0 Å². The Morgan fingerprint density at radius 3 is 2.68 bits per heavy atom. The second kappa shape index (κ2) is 5.64. The van der Waals surface area contributed by atoms with Gasteiger partial charge >= 0.3 is 0 Å². The third-order valence-corrected chi connectivity index (χ3v) is 4.30. The summed E-state index contributed by atoms with van der Waals surface area (Å²) < 4.78 is 0. The van der Waals surface area contributed by atoms with Crippen molar-refractivity contribution in [2.24, 2.45) is 10.9 Å². The first-order valence-electron chi connectivity index (χ1n) is 7.40. The van der Waals surface area contributed by atoms with E-state index in [0.29, 0.717) is 6.04 Å². The van der Waals surface area contributed by atoms with Crippen molar-refractivity contribution in [1.82, 2.24) is 10.2 Å². The number of benzene rings is 1. The van der Waals surface area contributed by atoms with Gasteiger partial charge in [0.15, 0.2) is 5.96 Å². The zero-order chi connectivity index (χ0) is 13.1. The van der Waals surface area contributed by atoms with Crippen LogP contribution in [-0.4, -0.2) is 31.0 Å². The highest BCUT2D eigenvalue weighted by molar-refractivity contribution is 5.82. The van der Waals surface area contributed by atoms with Crippen LogP contribution >= 0.6 is 0 Å². The van der Waals surface area contributed by atoms with Gasteiger partial charge in [0.25, 0.3) is 0 Å². The Hall–Kier alpha value is -1.51. The molecule has 19 heavy (non-hydrogen) atoms. The summed E-state index contributed by atoms with van der Waals surface area (Å²) in [5.74, 6) is 1.94. The first kappa shape index (κ1) is 12.5. The standard InChI is InChI=1S/C16H23N3/c1-19(12-13-7-5-6-8-13)16-17-11-15(18-16)14-9-3-2-4-10-14/h2-4,9-10,13,15H,5-8,11-12H2,1H3,(H,17,18). The van der Waals surface area contributed by atoms with Gasteiger partial charge in [0.1, 0.15) is 0 Å². The van der Waals surface area contributed by atoms with E-state index in [-0.39, 0.29) is 0 Å². The summed E-state index contributed by atoms with van der Waals surface area (Å²) in [7, 11) is 2.16. The third-order valence-electron chi connectivity index (χ3n) is 4.30. The molecule has 3 rings (SSSR count). The zero-order valence-corrected chi connectivity index (χ0v) is 11.7. The number of rotatable bonds is 3. The lowest BCUT2D eigenvalue weighted by molar-refractivity contribution is 0.380. The minimum Gasteiger partial charge on any atom is -0.348 e. The molecule has 1 aliphatic heterocycles. The Bertz CT molecular complexity index is 435. The van der Waals surface area contributed by atoms with Crippen LogP contribution < -0.4 is 5.32 Å². The second-order valence-corrected chi connectivity index (χ2v) is 5.80. The van der Waals surface area contributed by atoms with Crippen LogP contribution in [0.25, 0.3) is 0 Å². The lowest BCUT2D eigenvalue weighted by atomic mass is 10.1. The van der Waals surface area contributed by atoms with Crippen LogP contribution in [0.15, 0.2) is 35.3 Å². The molecule has 0 saturated heterocycles. The molecule has 3 nitrogen and oxygen atoms in total. The van der Waals surface area contributed by atoms with Crippen molar-refractivity contribution in [2.45, 2.75) is 31.7 Å². The van der Waals surface area contributed by atoms with Crippen LogP contribution in [0.2, 0.25) is 0 Å². The van der Waals surface area contributed by atoms with Crippen LogP contribution in [-0.2, 0) is 0 Å². The number of nitrogens with one attached hydrogen (secondary N) is 1. The van der Waals surface area contributed by atoms with E-state index in [2.05, 4.69) is 52.6 Å². The number of aliphatic imine (C=N–C) groups is 1. The normalized spacial score (nSPS) is 23.2.